The van der Waals surface area contributed by atoms with Gasteiger partial charge in [0.25, 0.3) is 0 Å². The van der Waals surface area contributed by atoms with Crippen molar-refractivity contribution in [2.24, 2.45) is 10.8 Å². The van der Waals surface area contributed by atoms with Gasteiger partial charge in [0.15, 0.2) is 17.9 Å². The Morgan fingerprint density at radius 1 is 1.02 bits per heavy atom. The molecule has 0 radical (unpaired) electrons. The number of carboxylic acids is 1. The molecule has 0 saturated carbocycles. The number of hydrogen-bond donors (Lipinski definition) is 7. The van der Waals surface area contributed by atoms with E-state index in [0.29, 0.717) is 0 Å². The zero-order valence-corrected chi connectivity index (χ0v) is 28.4. The van der Waals surface area contributed by atoms with Crippen molar-refractivity contribution in [1.29, 1.82) is 0 Å². The molecule has 1 saturated heterocycles. The molecule has 0 spiro atoms. The highest BCUT2D eigenvalue weighted by atomic mass is 16.7. The van der Waals surface area contributed by atoms with Gasteiger partial charge in [-0.05, 0) is 40.7 Å². The molecule has 1 amide bonds. The van der Waals surface area contributed by atoms with Crippen LogP contribution in [0.4, 0.5) is 0 Å². The van der Waals surface area contributed by atoms with E-state index in [1.54, 1.807) is 0 Å². The van der Waals surface area contributed by atoms with E-state index in [1.165, 1.54) is 59.9 Å². The second-order valence-corrected chi connectivity index (χ2v) is 14.1. The van der Waals surface area contributed by atoms with E-state index >= 15 is 0 Å². The number of methoxy groups -OCH3 is 1. The van der Waals surface area contributed by atoms with Crippen LogP contribution in [0.2, 0.25) is 0 Å². The Morgan fingerprint density at radius 3 is 2.26 bits per heavy atom. The number of benzene rings is 2. The van der Waals surface area contributed by atoms with Crippen molar-refractivity contribution in [2.45, 2.75) is 90.1 Å². The fraction of sp³-hybridized carbons (Fsp3) is 0.514. The van der Waals surface area contributed by atoms with Gasteiger partial charge in [0.1, 0.15) is 35.6 Å². The highest BCUT2D eigenvalue weighted by Crippen LogP contribution is 2.52. The van der Waals surface area contributed by atoms with Crippen LogP contribution in [0.3, 0.4) is 0 Å². The Hall–Kier alpha value is -4.41. The lowest BCUT2D eigenvalue weighted by molar-refractivity contribution is -0.249. The van der Waals surface area contributed by atoms with Crippen molar-refractivity contribution in [2.75, 3.05) is 13.7 Å². The van der Waals surface area contributed by atoms with Crippen molar-refractivity contribution in [3.63, 3.8) is 0 Å². The molecule has 7 N–H and O–H groups in total. The van der Waals surface area contributed by atoms with E-state index in [9.17, 15) is 54.6 Å². The van der Waals surface area contributed by atoms with Gasteiger partial charge < -0.3 is 50.2 Å². The predicted octanol–water partition coefficient (Wildman–Crippen LogP) is 1.30. The van der Waals surface area contributed by atoms with Crippen LogP contribution in [0.1, 0.15) is 96.5 Å². The Bertz CT molecular complexity index is 1800. The zero-order chi connectivity index (χ0) is 37.2. The number of aliphatic hydroxyl groups excluding tert-OH is 2. The zero-order valence-electron chi connectivity index (χ0n) is 28.4. The molecule has 0 bridgehead atoms. The summed E-state index contributed by atoms with van der Waals surface area (Å²) in [6, 6.07) is 3.22. The first kappa shape index (κ1) is 36.9. The maximum absolute atomic E-state index is 13.9. The first-order chi connectivity index (χ1) is 23.2. The number of fused-ring (bicyclic) bond motifs is 3. The summed E-state index contributed by atoms with van der Waals surface area (Å²) >= 11 is 0. The van der Waals surface area contributed by atoms with Crippen LogP contribution in [0.25, 0.3) is 0 Å². The molecule has 0 unspecified atom stereocenters. The van der Waals surface area contributed by atoms with Crippen LogP contribution in [0, 0.1) is 10.8 Å². The number of ether oxygens (including phenoxy) is 3. The number of aromatic hydroxyl groups is 2. The molecular weight excluding hydrogens is 658 g/mol. The van der Waals surface area contributed by atoms with Crippen LogP contribution in [0.5, 0.6) is 17.2 Å². The van der Waals surface area contributed by atoms with Gasteiger partial charge in [-0.1, -0.05) is 12.1 Å². The highest BCUT2D eigenvalue weighted by Gasteiger charge is 2.52. The van der Waals surface area contributed by atoms with E-state index in [1.807, 2.05) is 0 Å². The fourth-order valence-electron chi connectivity index (χ4n) is 6.76. The molecular formula is C35H41NO14. The van der Waals surface area contributed by atoms with E-state index in [2.05, 4.69) is 5.32 Å². The van der Waals surface area contributed by atoms with Gasteiger partial charge in [-0.15, -0.1) is 0 Å². The molecule has 5 rings (SSSR count). The van der Waals surface area contributed by atoms with Gasteiger partial charge in [-0.2, -0.15) is 0 Å². The minimum atomic E-state index is -2.37. The molecule has 1 heterocycles. The standard InChI is InChI=1S/C35H41NO14/c1-14-26(39)17(36-31(44)33(2,3)34(4,5)32(45)46)10-21(49-14)50-19-12-35(47,20(38)13-37)11-16-23(19)30(43)25-24(28(16)41)27(40)15-8-7-9-18(48-6)22(15)29(25)42/h7-9,14,17,19,21,26,37,39,41,43,47H,10-13H2,1-6H3,(H,36,44)(H,45,46)/t14-,17-,19-,21-,26+,35-/m0/s1. The summed E-state index contributed by atoms with van der Waals surface area (Å²) < 4.78 is 17.4. The number of aliphatic hydroxyl groups is 3. The number of amides is 1. The minimum Gasteiger partial charge on any atom is -0.507 e. The second kappa shape index (κ2) is 12.7. The third kappa shape index (κ3) is 5.62. The lowest BCUT2D eigenvalue weighted by Gasteiger charge is -2.44. The number of phenols is 2. The van der Waals surface area contributed by atoms with E-state index in [4.69, 9.17) is 14.2 Å². The van der Waals surface area contributed by atoms with Crippen molar-refractivity contribution in [3.8, 4) is 17.2 Å². The Kier molecular flexibility index (Phi) is 9.38. The maximum Gasteiger partial charge on any atom is 0.310 e. The molecule has 50 heavy (non-hydrogen) atoms. The van der Waals surface area contributed by atoms with Gasteiger partial charge >= 0.3 is 5.97 Å². The van der Waals surface area contributed by atoms with Gasteiger partial charge in [0.05, 0.1) is 52.9 Å². The Balaban J connectivity index is 1.56. The largest absolute Gasteiger partial charge is 0.507 e. The van der Waals surface area contributed by atoms with Crippen LogP contribution in [0.15, 0.2) is 18.2 Å². The minimum absolute atomic E-state index is 0.0463. The van der Waals surface area contributed by atoms with Crippen molar-refractivity contribution in [3.05, 3.63) is 51.6 Å². The summed E-state index contributed by atoms with van der Waals surface area (Å²) in [4.78, 5) is 65.8. The number of hydrogen-bond acceptors (Lipinski definition) is 13. The van der Waals surface area contributed by atoms with Crippen LogP contribution >= 0.6 is 0 Å². The molecule has 15 nitrogen and oxygen atoms in total. The first-order valence-corrected chi connectivity index (χ1v) is 16.0. The van der Waals surface area contributed by atoms with Crippen molar-refractivity contribution in [1.82, 2.24) is 5.32 Å². The highest BCUT2D eigenvalue weighted by molar-refractivity contribution is 6.31. The average molecular weight is 700 g/mol. The number of carbonyl (C=O) groups excluding carboxylic acids is 4. The molecule has 2 aromatic carbocycles. The summed E-state index contributed by atoms with van der Waals surface area (Å²) in [5.74, 6) is -6.09. The average Bonchev–Trinajstić information content (AvgIpc) is 3.06. The molecule has 1 fully saturated rings. The smallest absolute Gasteiger partial charge is 0.310 e. The number of rotatable bonds is 9. The summed E-state index contributed by atoms with van der Waals surface area (Å²) in [6.07, 6.45) is -6.58. The summed E-state index contributed by atoms with van der Waals surface area (Å²) in [7, 11) is 1.29. The molecule has 0 aromatic heterocycles. The molecule has 2 aromatic rings. The predicted molar refractivity (Wildman–Crippen MR) is 171 cm³/mol. The van der Waals surface area contributed by atoms with Gasteiger partial charge in [0, 0.05) is 36.0 Å². The van der Waals surface area contributed by atoms with Crippen LogP contribution in [-0.4, -0.2) is 104 Å². The normalized spacial score (nSPS) is 26.4. The molecule has 270 valence electrons. The molecule has 3 aliphatic rings. The van der Waals surface area contributed by atoms with Gasteiger partial charge in [0.2, 0.25) is 11.7 Å². The topological polar surface area (TPSA) is 246 Å². The molecule has 6 atom stereocenters. The Morgan fingerprint density at radius 2 is 1.66 bits per heavy atom. The number of carbonyl (C=O) groups is 5. The van der Waals surface area contributed by atoms with E-state index < -0.39 is 118 Å². The number of aliphatic carboxylic acids is 1. The first-order valence-electron chi connectivity index (χ1n) is 16.0. The second-order valence-electron chi connectivity index (χ2n) is 14.1. The number of carboxylic acid groups (broad SMARTS) is 1. The summed E-state index contributed by atoms with van der Waals surface area (Å²) in [6.45, 7) is 6.09. The van der Waals surface area contributed by atoms with Crippen LogP contribution < -0.4 is 10.1 Å². The van der Waals surface area contributed by atoms with Gasteiger partial charge in [-0.25, -0.2) is 0 Å². The molecule has 1 aliphatic heterocycles. The summed E-state index contributed by atoms with van der Waals surface area (Å²) in [5, 5.41) is 67.8. The number of Topliss-reactive ketones (excluding diaryl/α,β-unsaturated/α-hetero) is 1. The third-order valence-corrected chi connectivity index (χ3v) is 10.7. The monoisotopic (exact) mass is 699 g/mol. The third-order valence-electron chi connectivity index (χ3n) is 10.7. The van der Waals surface area contributed by atoms with E-state index in [0.717, 1.165) is 0 Å². The van der Waals surface area contributed by atoms with Crippen molar-refractivity contribution >= 4 is 29.2 Å². The maximum atomic E-state index is 13.9. The van der Waals surface area contributed by atoms with Crippen molar-refractivity contribution < 1.29 is 68.8 Å². The SMILES string of the molecule is COc1cccc2c1C(=O)c1c(O)c3c(c(O)c1C2=O)C[C@@](O)(C(=O)CO)C[C@@H]3O[C@H]1C[C@H](NC(=O)C(C)(C)C(C)(C)C(=O)O)[C@H](O)[C@H](C)O1. The van der Waals surface area contributed by atoms with Gasteiger partial charge in [-0.3, -0.25) is 24.0 Å². The van der Waals surface area contributed by atoms with Crippen LogP contribution in [-0.2, 0) is 30.3 Å². The molecule has 15 heteroatoms. The van der Waals surface area contributed by atoms with E-state index in [-0.39, 0.29) is 34.4 Å². The Labute approximate surface area is 286 Å². The number of phenolic OH excluding ortho intramolecular Hbond substituents is 2. The number of ketones is 3. The lowest BCUT2D eigenvalue weighted by Crippen LogP contribution is -2.59. The fourth-order valence-corrected chi connectivity index (χ4v) is 6.76. The number of nitrogens with one attached hydrogen (secondary N) is 1. The lowest BCUT2D eigenvalue weighted by atomic mass is 9.67. The molecule has 2 aliphatic carbocycles. The summed E-state index contributed by atoms with van der Waals surface area (Å²) in [5.41, 5.74) is -7.16. The quantitative estimate of drug-likeness (QED) is 0.156.